The summed E-state index contributed by atoms with van der Waals surface area (Å²) >= 11 is 0. The molecule has 0 spiro atoms. The van der Waals surface area contributed by atoms with E-state index >= 15 is 0 Å². The second kappa shape index (κ2) is 12.5. The molecule has 28 heavy (non-hydrogen) atoms. The summed E-state index contributed by atoms with van der Waals surface area (Å²) < 4.78 is 5.47. The van der Waals surface area contributed by atoms with Crippen molar-refractivity contribution in [1.29, 1.82) is 0 Å². The normalized spacial score (nSPS) is 17.0. The summed E-state index contributed by atoms with van der Waals surface area (Å²) in [5.74, 6) is 1.34. The summed E-state index contributed by atoms with van der Waals surface area (Å²) in [5.41, 5.74) is 1.20. The summed E-state index contributed by atoms with van der Waals surface area (Å²) in [5, 5.41) is 10.6. The van der Waals surface area contributed by atoms with E-state index in [0.29, 0.717) is 12.0 Å². The first-order valence-electron chi connectivity index (χ1n) is 10.0. The lowest BCUT2D eigenvalue weighted by Gasteiger charge is -2.41. The minimum Gasteiger partial charge on any atom is -0.380 e. The van der Waals surface area contributed by atoms with Gasteiger partial charge in [0.25, 0.3) is 0 Å². The average molecular weight is 503 g/mol. The SMILES string of the molecule is CN=C(NCC(Nc1ccccc1)C(C)C)NCC(C)(C)N1CCOCC1.I. The summed E-state index contributed by atoms with van der Waals surface area (Å²) in [6.07, 6.45) is 0. The second-order valence-corrected chi connectivity index (χ2v) is 8.08. The Balaban J connectivity index is 0.00000392. The highest BCUT2D eigenvalue weighted by Crippen LogP contribution is 2.15. The number of guanidine groups is 1. The Bertz CT molecular complexity index is 573. The first-order chi connectivity index (χ1) is 12.9. The van der Waals surface area contributed by atoms with Gasteiger partial charge in [-0.25, -0.2) is 0 Å². The predicted molar refractivity (Wildman–Crippen MR) is 130 cm³/mol. The first kappa shape index (κ1) is 25.0. The van der Waals surface area contributed by atoms with E-state index in [1.807, 2.05) is 13.1 Å². The first-order valence-corrected chi connectivity index (χ1v) is 10.0. The molecule has 0 saturated carbocycles. The number of rotatable bonds is 8. The molecule has 1 saturated heterocycles. The van der Waals surface area contributed by atoms with Crippen molar-refractivity contribution >= 4 is 35.6 Å². The summed E-state index contributed by atoms with van der Waals surface area (Å²) in [6, 6.07) is 10.7. The van der Waals surface area contributed by atoms with Gasteiger partial charge in [-0.3, -0.25) is 9.89 Å². The van der Waals surface area contributed by atoms with Gasteiger partial charge in [0.15, 0.2) is 5.96 Å². The van der Waals surface area contributed by atoms with Crippen molar-refractivity contribution in [3.05, 3.63) is 30.3 Å². The van der Waals surface area contributed by atoms with Crippen molar-refractivity contribution in [2.75, 3.05) is 51.8 Å². The van der Waals surface area contributed by atoms with E-state index in [2.05, 4.69) is 77.8 Å². The quantitative estimate of drug-likeness (QED) is 0.289. The molecule has 0 aliphatic carbocycles. The summed E-state index contributed by atoms with van der Waals surface area (Å²) in [6.45, 7) is 14.3. The largest absolute Gasteiger partial charge is 0.380 e. The molecule has 1 aliphatic heterocycles. The third-order valence-electron chi connectivity index (χ3n) is 5.20. The Morgan fingerprint density at radius 2 is 1.79 bits per heavy atom. The third kappa shape index (κ3) is 8.13. The molecule has 0 amide bonds. The lowest BCUT2D eigenvalue weighted by atomic mass is 10.0. The van der Waals surface area contributed by atoms with E-state index in [4.69, 9.17) is 4.74 Å². The highest BCUT2D eigenvalue weighted by Gasteiger charge is 2.28. The third-order valence-corrected chi connectivity index (χ3v) is 5.20. The maximum absolute atomic E-state index is 5.47. The number of para-hydroxylation sites is 1. The van der Waals surface area contributed by atoms with Gasteiger partial charge in [-0.05, 0) is 31.9 Å². The van der Waals surface area contributed by atoms with Crippen LogP contribution in [0.25, 0.3) is 0 Å². The molecule has 1 aliphatic rings. The summed E-state index contributed by atoms with van der Waals surface area (Å²) in [4.78, 5) is 6.87. The van der Waals surface area contributed by atoms with Gasteiger partial charge in [0, 0.05) is 50.5 Å². The van der Waals surface area contributed by atoms with Crippen LogP contribution >= 0.6 is 24.0 Å². The smallest absolute Gasteiger partial charge is 0.191 e. The molecule has 6 nitrogen and oxygen atoms in total. The predicted octanol–water partition coefficient (Wildman–Crippen LogP) is 3.02. The van der Waals surface area contributed by atoms with Crippen molar-refractivity contribution in [2.24, 2.45) is 10.9 Å². The molecule has 1 fully saturated rings. The van der Waals surface area contributed by atoms with E-state index in [0.717, 1.165) is 51.0 Å². The van der Waals surface area contributed by atoms with Gasteiger partial charge in [0.1, 0.15) is 0 Å². The van der Waals surface area contributed by atoms with Crippen LogP contribution in [-0.4, -0.2) is 68.9 Å². The fourth-order valence-corrected chi connectivity index (χ4v) is 3.21. The zero-order valence-electron chi connectivity index (χ0n) is 18.0. The number of hydrogen-bond acceptors (Lipinski definition) is 4. The molecule has 1 unspecified atom stereocenters. The molecule has 0 bridgehead atoms. The number of hydrogen-bond donors (Lipinski definition) is 3. The van der Waals surface area contributed by atoms with Crippen LogP contribution in [0.4, 0.5) is 5.69 Å². The number of aliphatic imine (C=N–C) groups is 1. The van der Waals surface area contributed by atoms with Crippen molar-refractivity contribution in [1.82, 2.24) is 15.5 Å². The van der Waals surface area contributed by atoms with Crippen LogP contribution in [0.15, 0.2) is 35.3 Å². The standard InChI is InChI=1S/C21H37N5O.HI/c1-17(2)19(25-18-9-7-6-8-10-18)15-23-20(22-5)24-16-21(3,4)26-11-13-27-14-12-26;/h6-10,17,19,25H,11-16H2,1-5H3,(H2,22,23,24);1H. The molecule has 1 aromatic carbocycles. The molecule has 2 rings (SSSR count). The molecule has 3 N–H and O–H groups in total. The molecule has 0 radical (unpaired) electrons. The molecule has 1 atom stereocenters. The minimum atomic E-state index is 0. The van der Waals surface area contributed by atoms with E-state index in [1.54, 1.807) is 0 Å². The van der Waals surface area contributed by atoms with Crippen molar-refractivity contribution in [3.8, 4) is 0 Å². The highest BCUT2D eigenvalue weighted by molar-refractivity contribution is 14.0. The molecule has 0 aromatic heterocycles. The van der Waals surface area contributed by atoms with Gasteiger partial charge in [0.05, 0.1) is 13.2 Å². The highest BCUT2D eigenvalue weighted by atomic mass is 127. The van der Waals surface area contributed by atoms with Crippen LogP contribution in [0.2, 0.25) is 0 Å². The number of benzene rings is 1. The topological polar surface area (TPSA) is 60.9 Å². The number of anilines is 1. The molecule has 7 heteroatoms. The van der Waals surface area contributed by atoms with Crippen molar-refractivity contribution in [2.45, 2.75) is 39.3 Å². The van der Waals surface area contributed by atoms with Crippen LogP contribution in [0.3, 0.4) is 0 Å². The number of ether oxygens (including phenoxy) is 1. The molecule has 1 heterocycles. The van der Waals surface area contributed by atoms with Crippen LogP contribution in [-0.2, 0) is 4.74 Å². The lowest BCUT2D eigenvalue weighted by Crippen LogP contribution is -2.57. The number of morpholine rings is 1. The lowest BCUT2D eigenvalue weighted by molar-refractivity contribution is -0.00834. The Labute approximate surface area is 187 Å². The van der Waals surface area contributed by atoms with E-state index in [1.165, 1.54) is 0 Å². The maximum Gasteiger partial charge on any atom is 0.191 e. The Kier molecular flexibility index (Phi) is 11.1. The fourth-order valence-electron chi connectivity index (χ4n) is 3.21. The monoisotopic (exact) mass is 503 g/mol. The Morgan fingerprint density at radius 1 is 1.14 bits per heavy atom. The Morgan fingerprint density at radius 3 is 2.36 bits per heavy atom. The molecule has 160 valence electrons. The molecular weight excluding hydrogens is 465 g/mol. The van der Waals surface area contributed by atoms with Gasteiger partial charge in [0.2, 0.25) is 0 Å². The fraction of sp³-hybridized carbons (Fsp3) is 0.667. The van der Waals surface area contributed by atoms with Gasteiger partial charge < -0.3 is 20.7 Å². The number of halogens is 1. The van der Waals surface area contributed by atoms with Crippen molar-refractivity contribution in [3.63, 3.8) is 0 Å². The second-order valence-electron chi connectivity index (χ2n) is 8.08. The van der Waals surface area contributed by atoms with Crippen molar-refractivity contribution < 1.29 is 4.74 Å². The molecular formula is C21H38IN5O. The van der Waals surface area contributed by atoms with Gasteiger partial charge >= 0.3 is 0 Å². The van der Waals surface area contributed by atoms with Gasteiger partial charge in [-0.2, -0.15) is 0 Å². The van der Waals surface area contributed by atoms with E-state index in [-0.39, 0.29) is 29.5 Å². The average Bonchev–Trinajstić information content (AvgIpc) is 2.68. The summed E-state index contributed by atoms with van der Waals surface area (Å²) in [7, 11) is 1.83. The molecule has 1 aromatic rings. The van der Waals surface area contributed by atoms with Crippen LogP contribution in [0, 0.1) is 5.92 Å². The van der Waals surface area contributed by atoms with E-state index < -0.39 is 0 Å². The Hall–Kier alpha value is -1.06. The van der Waals surface area contributed by atoms with Crippen LogP contribution in [0.1, 0.15) is 27.7 Å². The van der Waals surface area contributed by atoms with E-state index in [9.17, 15) is 0 Å². The van der Waals surface area contributed by atoms with Crippen LogP contribution in [0.5, 0.6) is 0 Å². The number of nitrogens with one attached hydrogen (secondary N) is 3. The minimum absolute atomic E-state index is 0. The van der Waals surface area contributed by atoms with Crippen LogP contribution < -0.4 is 16.0 Å². The van der Waals surface area contributed by atoms with Gasteiger partial charge in [-0.1, -0.05) is 32.0 Å². The maximum atomic E-state index is 5.47. The number of nitrogens with zero attached hydrogens (tertiary/aromatic N) is 2. The van der Waals surface area contributed by atoms with Gasteiger partial charge in [-0.15, -0.1) is 24.0 Å². The zero-order valence-corrected chi connectivity index (χ0v) is 20.3. The zero-order chi connectivity index (χ0) is 19.7.